The lowest BCUT2D eigenvalue weighted by Crippen LogP contribution is -1.93. The van der Waals surface area contributed by atoms with Gasteiger partial charge in [0.15, 0.2) is 0 Å². The highest BCUT2D eigenvalue weighted by Crippen LogP contribution is 2.27. The second kappa shape index (κ2) is 11.4. The Labute approximate surface area is 210 Å². The fourth-order valence-electron chi connectivity index (χ4n) is 3.79. The summed E-state index contributed by atoms with van der Waals surface area (Å²) in [6.45, 7) is 16.8. The predicted octanol–water partition coefficient (Wildman–Crippen LogP) is 8.77. The van der Waals surface area contributed by atoms with E-state index in [4.69, 9.17) is 0 Å². The molecule has 0 fully saturated rings. The van der Waals surface area contributed by atoms with Gasteiger partial charge in [-0.2, -0.15) is 0 Å². The Balaban J connectivity index is 1.97. The molecule has 35 heavy (non-hydrogen) atoms. The molecule has 0 amide bonds. The second-order valence-electron chi connectivity index (χ2n) is 8.96. The smallest absolute Gasteiger partial charge is 0.123 e. The van der Waals surface area contributed by atoms with E-state index < -0.39 is 0 Å². The fraction of sp³-hybridized carbons (Fsp3) is 0.152. The molecular formula is C33H35NO. The normalized spacial score (nSPS) is 12.1. The first kappa shape index (κ1) is 25.6. The van der Waals surface area contributed by atoms with Crippen LogP contribution >= 0.6 is 0 Å². The molecule has 3 aromatic rings. The van der Waals surface area contributed by atoms with Gasteiger partial charge in [0, 0.05) is 23.9 Å². The lowest BCUT2D eigenvalue weighted by molar-refractivity contribution is 0.512. The third kappa shape index (κ3) is 6.51. The van der Waals surface area contributed by atoms with Crippen LogP contribution in [0.2, 0.25) is 0 Å². The van der Waals surface area contributed by atoms with E-state index in [-0.39, 0.29) is 5.76 Å². The minimum Gasteiger partial charge on any atom is -0.507 e. The number of aryl methyl sites for hydroxylation is 4. The van der Waals surface area contributed by atoms with Gasteiger partial charge in [0.2, 0.25) is 0 Å². The molecule has 0 saturated carbocycles. The lowest BCUT2D eigenvalue weighted by atomic mass is 9.96. The first-order valence-electron chi connectivity index (χ1n) is 11.8. The van der Waals surface area contributed by atoms with E-state index in [1.165, 1.54) is 16.7 Å². The summed E-state index contributed by atoms with van der Waals surface area (Å²) >= 11 is 0. The maximum absolute atomic E-state index is 11.0. The maximum Gasteiger partial charge on any atom is 0.123 e. The summed E-state index contributed by atoms with van der Waals surface area (Å²) in [5, 5.41) is 14.2. The van der Waals surface area contributed by atoms with Crippen molar-refractivity contribution < 1.29 is 5.11 Å². The van der Waals surface area contributed by atoms with Gasteiger partial charge in [-0.25, -0.2) is 0 Å². The molecule has 0 aliphatic carbocycles. The summed E-state index contributed by atoms with van der Waals surface area (Å²) in [5.41, 5.74) is 11.3. The Morgan fingerprint density at radius 3 is 1.97 bits per heavy atom. The molecule has 3 aromatic carbocycles. The molecule has 178 valence electrons. The monoisotopic (exact) mass is 461 g/mol. The van der Waals surface area contributed by atoms with E-state index in [0.717, 1.165) is 44.7 Å². The van der Waals surface area contributed by atoms with E-state index in [9.17, 15) is 5.11 Å². The summed E-state index contributed by atoms with van der Waals surface area (Å²) in [7, 11) is 1.90. The van der Waals surface area contributed by atoms with E-state index in [2.05, 4.69) is 64.4 Å². The van der Waals surface area contributed by atoms with Crippen LogP contribution in [-0.4, -0.2) is 12.2 Å². The minimum absolute atomic E-state index is 0.224. The van der Waals surface area contributed by atoms with Crippen LogP contribution in [-0.2, 0) is 0 Å². The molecular weight excluding hydrogens is 426 g/mol. The van der Waals surface area contributed by atoms with Crippen molar-refractivity contribution in [2.75, 3.05) is 12.4 Å². The molecule has 0 bridgehead atoms. The number of hydrogen-bond acceptors (Lipinski definition) is 2. The Morgan fingerprint density at radius 2 is 1.34 bits per heavy atom. The van der Waals surface area contributed by atoms with E-state index in [1.807, 2.05) is 73.8 Å². The molecule has 0 aromatic heterocycles. The van der Waals surface area contributed by atoms with Crippen molar-refractivity contribution in [3.8, 4) is 0 Å². The molecule has 0 atom stereocenters. The van der Waals surface area contributed by atoms with Crippen molar-refractivity contribution in [1.82, 2.24) is 0 Å². The van der Waals surface area contributed by atoms with Crippen LogP contribution in [0.4, 0.5) is 5.69 Å². The van der Waals surface area contributed by atoms with Gasteiger partial charge >= 0.3 is 0 Å². The molecule has 0 saturated heterocycles. The summed E-state index contributed by atoms with van der Waals surface area (Å²) < 4.78 is 0. The number of nitrogens with one attached hydrogen (secondary N) is 1. The quantitative estimate of drug-likeness (QED) is 0.259. The van der Waals surface area contributed by atoms with Crippen LogP contribution in [0.15, 0.2) is 104 Å². The first-order chi connectivity index (χ1) is 16.7. The van der Waals surface area contributed by atoms with Crippen molar-refractivity contribution in [3.05, 3.63) is 143 Å². The molecule has 0 radical (unpaired) electrons. The molecule has 0 spiro atoms. The Bertz CT molecular complexity index is 1350. The highest BCUT2D eigenvalue weighted by Gasteiger charge is 2.07. The minimum atomic E-state index is 0.224. The Morgan fingerprint density at radius 1 is 0.743 bits per heavy atom. The van der Waals surface area contributed by atoms with Gasteiger partial charge in [0.05, 0.1) is 0 Å². The molecule has 2 nitrogen and oxygen atoms in total. The van der Waals surface area contributed by atoms with Crippen LogP contribution < -0.4 is 5.32 Å². The summed E-state index contributed by atoms with van der Waals surface area (Å²) in [5.74, 6) is 0.224. The Kier molecular flexibility index (Phi) is 8.33. The van der Waals surface area contributed by atoms with Crippen molar-refractivity contribution in [2.24, 2.45) is 0 Å². The zero-order valence-corrected chi connectivity index (χ0v) is 21.4. The van der Waals surface area contributed by atoms with Crippen molar-refractivity contribution in [1.29, 1.82) is 0 Å². The van der Waals surface area contributed by atoms with Crippen LogP contribution in [0.3, 0.4) is 0 Å². The first-order valence-corrected chi connectivity index (χ1v) is 11.8. The average Bonchev–Trinajstić information content (AvgIpc) is 2.85. The Hall–Kier alpha value is -4.04. The predicted molar refractivity (Wildman–Crippen MR) is 154 cm³/mol. The number of rotatable bonds is 8. The second-order valence-corrected chi connectivity index (χ2v) is 8.96. The molecule has 0 aliphatic heterocycles. The van der Waals surface area contributed by atoms with Gasteiger partial charge in [-0.3, -0.25) is 0 Å². The van der Waals surface area contributed by atoms with Crippen LogP contribution in [0.1, 0.15) is 38.9 Å². The van der Waals surface area contributed by atoms with E-state index >= 15 is 0 Å². The highest BCUT2D eigenvalue weighted by molar-refractivity contribution is 5.84. The number of para-hydroxylation sites is 1. The van der Waals surface area contributed by atoms with Crippen LogP contribution in [0.25, 0.3) is 16.9 Å². The van der Waals surface area contributed by atoms with Crippen molar-refractivity contribution in [3.63, 3.8) is 0 Å². The van der Waals surface area contributed by atoms with E-state index in [0.29, 0.717) is 0 Å². The zero-order valence-electron chi connectivity index (χ0n) is 21.4. The number of aliphatic hydroxyl groups excluding tert-OH is 1. The third-order valence-electron chi connectivity index (χ3n) is 6.32. The number of benzene rings is 3. The number of allylic oxidation sites excluding steroid dienone is 7. The van der Waals surface area contributed by atoms with Gasteiger partial charge in [0.1, 0.15) is 5.76 Å². The molecule has 3 rings (SSSR count). The van der Waals surface area contributed by atoms with E-state index in [1.54, 1.807) is 0 Å². The number of hydrogen-bond donors (Lipinski definition) is 2. The highest BCUT2D eigenvalue weighted by atomic mass is 16.3. The third-order valence-corrected chi connectivity index (χ3v) is 6.32. The fourth-order valence-corrected chi connectivity index (χ4v) is 3.79. The summed E-state index contributed by atoms with van der Waals surface area (Å²) in [6, 6.07) is 20.4. The number of anilines is 1. The molecule has 0 aliphatic rings. The maximum atomic E-state index is 11.0. The van der Waals surface area contributed by atoms with Gasteiger partial charge in [-0.1, -0.05) is 73.8 Å². The molecule has 0 unspecified atom stereocenters. The molecule has 0 heterocycles. The van der Waals surface area contributed by atoms with Crippen molar-refractivity contribution >= 4 is 22.6 Å². The van der Waals surface area contributed by atoms with Gasteiger partial charge in [-0.15, -0.1) is 0 Å². The SMILES string of the molecule is C=C(/C=C/C(=C)c1ccccc1NC)/C=C(\C=C(/O)c1ccc(C)c(C)c1)c1ccc(C)c(C)c1. The molecule has 2 N–H and O–H groups in total. The van der Waals surface area contributed by atoms with Gasteiger partial charge in [-0.05, 0) is 96.5 Å². The topological polar surface area (TPSA) is 32.3 Å². The zero-order chi connectivity index (χ0) is 25.5. The van der Waals surface area contributed by atoms with Gasteiger partial charge < -0.3 is 10.4 Å². The lowest BCUT2D eigenvalue weighted by Gasteiger charge is -2.10. The average molecular weight is 462 g/mol. The summed E-state index contributed by atoms with van der Waals surface area (Å²) in [4.78, 5) is 0. The largest absolute Gasteiger partial charge is 0.507 e. The standard InChI is InChI=1S/C33H35NO/c1-22(12-13-25(4)31-10-8-9-11-32(31)34-7)18-30(28-16-14-23(2)26(5)19-28)21-33(35)29-17-15-24(3)27(6)20-29/h8-21,34-35H,1,4H2,2-3,5-7H3/b13-12+,30-18+,33-21-. The van der Waals surface area contributed by atoms with Crippen LogP contribution in [0, 0.1) is 27.7 Å². The van der Waals surface area contributed by atoms with Gasteiger partial charge in [0.25, 0.3) is 0 Å². The molecule has 2 heteroatoms. The van der Waals surface area contributed by atoms with Crippen LogP contribution in [0.5, 0.6) is 0 Å². The summed E-state index contributed by atoms with van der Waals surface area (Å²) in [6.07, 6.45) is 7.74. The number of aliphatic hydroxyl groups is 1. The van der Waals surface area contributed by atoms with Crippen molar-refractivity contribution in [2.45, 2.75) is 27.7 Å².